The zero-order chi connectivity index (χ0) is 27.8. The largest absolute Gasteiger partial charge is 0.465 e. The first kappa shape index (κ1) is 28.0. The summed E-state index contributed by atoms with van der Waals surface area (Å²) in [5.74, 6) is 1.29. The molecule has 0 unspecified atom stereocenters. The van der Waals surface area contributed by atoms with E-state index < -0.39 is 22.5 Å². The van der Waals surface area contributed by atoms with E-state index in [2.05, 4.69) is 30.1 Å². The first-order valence-corrected chi connectivity index (χ1v) is 13.3. The summed E-state index contributed by atoms with van der Waals surface area (Å²) in [7, 11) is 3.10. The molecule has 0 spiro atoms. The fraction of sp³-hybridized carbons (Fsp3) is 0.538. The number of esters is 1. The molecule has 0 bridgehead atoms. The van der Waals surface area contributed by atoms with E-state index in [9.17, 15) is 19.7 Å². The van der Waals surface area contributed by atoms with Gasteiger partial charge in [-0.15, -0.1) is 0 Å². The number of aromatic nitrogens is 2. The number of nitro groups is 1. The molecule has 210 valence electrons. The number of carbonyl (C=O) groups excluding carboxylic acids is 2. The first-order valence-electron chi connectivity index (χ1n) is 13.3. The highest BCUT2D eigenvalue weighted by atomic mass is 16.6. The van der Waals surface area contributed by atoms with Gasteiger partial charge >= 0.3 is 5.97 Å². The van der Waals surface area contributed by atoms with Gasteiger partial charge in [0.15, 0.2) is 0 Å². The van der Waals surface area contributed by atoms with Crippen molar-refractivity contribution in [3.63, 3.8) is 0 Å². The van der Waals surface area contributed by atoms with Crippen molar-refractivity contribution >= 4 is 35.1 Å². The molecule has 0 radical (unpaired) electrons. The van der Waals surface area contributed by atoms with Gasteiger partial charge in [-0.2, -0.15) is 9.97 Å². The van der Waals surface area contributed by atoms with Crippen LogP contribution in [-0.2, 0) is 4.74 Å². The third kappa shape index (κ3) is 7.31. The molecule has 0 atom stereocenters. The van der Waals surface area contributed by atoms with Crippen molar-refractivity contribution in [2.75, 3.05) is 81.6 Å². The molecule has 0 saturated carbocycles. The lowest BCUT2D eigenvalue weighted by molar-refractivity contribution is -0.385. The van der Waals surface area contributed by atoms with Crippen LogP contribution in [0.5, 0.6) is 0 Å². The second kappa shape index (κ2) is 13.2. The SMILES string of the molecule is COC(=O)c1ccc(C(=O)NCCN(C)CCNc2cc(N3CCCC3)nc(N3CCCC3)n2)cc1[N+](=O)[O-]. The van der Waals surface area contributed by atoms with Crippen molar-refractivity contribution < 1.29 is 19.2 Å². The lowest BCUT2D eigenvalue weighted by Gasteiger charge is -2.22. The molecule has 1 aromatic heterocycles. The van der Waals surface area contributed by atoms with Crippen molar-refractivity contribution in [1.82, 2.24) is 20.2 Å². The average molecular weight is 541 g/mol. The summed E-state index contributed by atoms with van der Waals surface area (Å²) in [6, 6.07) is 5.71. The Labute approximate surface area is 227 Å². The van der Waals surface area contributed by atoms with Crippen LogP contribution < -0.4 is 20.4 Å². The van der Waals surface area contributed by atoms with Crippen LogP contribution in [-0.4, -0.2) is 98.2 Å². The number of anilines is 3. The molecule has 2 N–H and O–H groups in total. The summed E-state index contributed by atoms with van der Waals surface area (Å²) in [5.41, 5.74) is -0.566. The van der Waals surface area contributed by atoms with Gasteiger partial charge in [-0.25, -0.2) is 4.79 Å². The molecule has 2 aliphatic rings. The van der Waals surface area contributed by atoms with E-state index in [1.807, 2.05) is 13.1 Å². The summed E-state index contributed by atoms with van der Waals surface area (Å²) < 4.78 is 4.57. The Balaban J connectivity index is 1.26. The number of nitro benzene ring substituents is 1. The maximum absolute atomic E-state index is 12.5. The van der Waals surface area contributed by atoms with Gasteiger partial charge in [0.1, 0.15) is 17.2 Å². The Bertz CT molecular complexity index is 1150. The molecule has 2 aromatic rings. The number of methoxy groups -OCH3 is 1. The lowest BCUT2D eigenvalue weighted by atomic mass is 10.1. The van der Waals surface area contributed by atoms with Gasteiger partial charge in [0.25, 0.3) is 11.6 Å². The number of carbonyl (C=O) groups is 2. The molecule has 3 heterocycles. The monoisotopic (exact) mass is 540 g/mol. The van der Waals surface area contributed by atoms with Crippen LogP contribution in [0.25, 0.3) is 0 Å². The molecular formula is C26H36N8O5. The number of nitrogens with one attached hydrogen (secondary N) is 2. The highest BCUT2D eigenvalue weighted by Crippen LogP contribution is 2.25. The fourth-order valence-electron chi connectivity index (χ4n) is 4.73. The highest BCUT2D eigenvalue weighted by molar-refractivity contribution is 5.99. The minimum atomic E-state index is -0.828. The second-order valence-corrected chi connectivity index (χ2v) is 9.77. The Morgan fingerprint density at radius 3 is 2.36 bits per heavy atom. The molecule has 4 rings (SSSR count). The number of likely N-dealkylation sites (N-methyl/N-ethyl adjacent to an activating group) is 1. The van der Waals surface area contributed by atoms with Crippen LogP contribution in [0.3, 0.4) is 0 Å². The summed E-state index contributed by atoms with van der Waals surface area (Å²) in [4.78, 5) is 51.2. The smallest absolute Gasteiger partial charge is 0.344 e. The molecule has 1 aromatic carbocycles. The van der Waals surface area contributed by atoms with Gasteiger partial charge in [-0.1, -0.05) is 0 Å². The molecule has 13 nitrogen and oxygen atoms in total. The number of nitrogens with zero attached hydrogens (tertiary/aromatic N) is 6. The summed E-state index contributed by atoms with van der Waals surface area (Å²) in [6.45, 7) is 6.34. The quantitative estimate of drug-likeness (QED) is 0.232. The Hall–Kier alpha value is -4.00. The van der Waals surface area contributed by atoms with Crippen molar-refractivity contribution in [2.24, 2.45) is 0 Å². The van der Waals surface area contributed by atoms with Gasteiger partial charge in [0.2, 0.25) is 5.95 Å². The van der Waals surface area contributed by atoms with E-state index in [0.717, 1.165) is 76.3 Å². The highest BCUT2D eigenvalue weighted by Gasteiger charge is 2.23. The molecule has 2 aliphatic heterocycles. The molecular weight excluding hydrogens is 504 g/mol. The molecule has 39 heavy (non-hydrogen) atoms. The standard InChI is InChI=1S/C26H36N8O5/c1-31(16-10-28-24(35)19-7-8-20(25(36)39-2)21(17-19)34(37)38)15-9-27-22-18-23(32-11-3-4-12-32)30-26(29-22)33-13-5-6-14-33/h7-8,17-18H,3-6,9-16H2,1-2H3,(H,28,35)(H,27,29,30). The van der Waals surface area contributed by atoms with Crippen LogP contribution in [0.4, 0.5) is 23.3 Å². The fourth-order valence-corrected chi connectivity index (χ4v) is 4.73. The summed E-state index contributed by atoms with van der Waals surface area (Å²) in [6.07, 6.45) is 4.69. The molecule has 13 heteroatoms. The normalized spacial score (nSPS) is 15.1. The van der Waals surface area contributed by atoms with Gasteiger partial charge in [0, 0.05) is 70.1 Å². The number of ether oxygens (including phenoxy) is 1. The zero-order valence-electron chi connectivity index (χ0n) is 22.5. The average Bonchev–Trinajstić information content (AvgIpc) is 3.67. The van der Waals surface area contributed by atoms with Gasteiger partial charge in [0.05, 0.1) is 12.0 Å². The molecule has 2 fully saturated rings. The zero-order valence-corrected chi connectivity index (χ0v) is 22.5. The Morgan fingerprint density at radius 1 is 1.03 bits per heavy atom. The van der Waals surface area contributed by atoms with E-state index in [1.54, 1.807) is 0 Å². The predicted octanol–water partition coefficient (Wildman–Crippen LogP) is 2.15. The minimum absolute atomic E-state index is 0.102. The maximum atomic E-state index is 12.5. The van der Waals surface area contributed by atoms with Crippen molar-refractivity contribution in [1.29, 1.82) is 0 Å². The molecule has 2 saturated heterocycles. The van der Waals surface area contributed by atoms with Crippen LogP contribution in [0.2, 0.25) is 0 Å². The molecule has 0 aliphatic carbocycles. The predicted molar refractivity (Wildman–Crippen MR) is 148 cm³/mol. The number of benzene rings is 1. The number of hydrogen-bond acceptors (Lipinski definition) is 11. The third-order valence-electron chi connectivity index (χ3n) is 6.96. The Morgan fingerprint density at radius 2 is 1.69 bits per heavy atom. The van der Waals surface area contributed by atoms with Crippen molar-refractivity contribution in [3.05, 3.63) is 45.5 Å². The van der Waals surface area contributed by atoms with Crippen LogP contribution in [0.1, 0.15) is 46.4 Å². The van der Waals surface area contributed by atoms with Crippen LogP contribution in [0.15, 0.2) is 24.3 Å². The Kier molecular flexibility index (Phi) is 9.47. The van der Waals surface area contributed by atoms with Gasteiger partial charge in [-0.05, 0) is 44.9 Å². The summed E-state index contributed by atoms with van der Waals surface area (Å²) in [5, 5.41) is 17.5. The van der Waals surface area contributed by atoms with Crippen molar-refractivity contribution in [2.45, 2.75) is 25.7 Å². The van der Waals surface area contributed by atoms with E-state index in [0.29, 0.717) is 19.6 Å². The lowest BCUT2D eigenvalue weighted by Crippen LogP contribution is -2.35. The number of amides is 1. The number of hydrogen-bond donors (Lipinski definition) is 2. The first-order chi connectivity index (χ1) is 18.9. The minimum Gasteiger partial charge on any atom is -0.465 e. The van der Waals surface area contributed by atoms with E-state index >= 15 is 0 Å². The molecule has 1 amide bonds. The topological polar surface area (TPSA) is 146 Å². The second-order valence-electron chi connectivity index (χ2n) is 9.77. The van der Waals surface area contributed by atoms with Crippen LogP contribution in [0, 0.1) is 10.1 Å². The third-order valence-corrected chi connectivity index (χ3v) is 6.96. The number of rotatable bonds is 12. The van der Waals surface area contributed by atoms with Crippen molar-refractivity contribution in [3.8, 4) is 0 Å². The maximum Gasteiger partial charge on any atom is 0.344 e. The van der Waals surface area contributed by atoms with E-state index in [4.69, 9.17) is 9.97 Å². The summed E-state index contributed by atoms with van der Waals surface area (Å²) >= 11 is 0. The van der Waals surface area contributed by atoms with Crippen LogP contribution >= 0.6 is 0 Å². The van der Waals surface area contributed by atoms with Gasteiger partial charge < -0.3 is 30.1 Å². The van der Waals surface area contributed by atoms with Gasteiger partial charge in [-0.3, -0.25) is 14.9 Å². The van der Waals surface area contributed by atoms with E-state index in [1.165, 1.54) is 25.0 Å². The van der Waals surface area contributed by atoms with E-state index in [-0.39, 0.29) is 11.1 Å².